The number of aliphatic hydroxyl groups is 1. The molecule has 1 atom stereocenters. The number of aromatic nitrogens is 1. The van der Waals surface area contributed by atoms with Gasteiger partial charge in [-0.15, -0.1) is 0 Å². The predicted molar refractivity (Wildman–Crippen MR) is 138 cm³/mol. The van der Waals surface area contributed by atoms with Crippen molar-refractivity contribution < 1.29 is 14.6 Å². The highest BCUT2D eigenvalue weighted by molar-refractivity contribution is 5.88. The summed E-state index contributed by atoms with van der Waals surface area (Å²) in [5, 5.41) is 14.8. The number of methoxy groups -OCH3 is 1. The fourth-order valence-corrected chi connectivity index (χ4v) is 5.98. The van der Waals surface area contributed by atoms with Crippen molar-refractivity contribution in [2.75, 3.05) is 33.4 Å². The predicted octanol–water partition coefficient (Wildman–Crippen LogP) is 4.18. The van der Waals surface area contributed by atoms with E-state index in [1.54, 1.807) is 7.11 Å². The van der Waals surface area contributed by atoms with Gasteiger partial charge in [-0.05, 0) is 49.9 Å². The molecule has 0 aliphatic carbocycles. The minimum Gasteiger partial charge on any atom is -0.497 e. The molecule has 3 N–H and O–H groups in total. The number of carbonyl (C=O) groups excluding carboxylic acids is 1. The van der Waals surface area contributed by atoms with Gasteiger partial charge >= 0.3 is 6.03 Å². The highest BCUT2D eigenvalue weighted by atomic mass is 16.5. The molecular formula is C28H36N4O3. The second-order valence-electron chi connectivity index (χ2n) is 10.3. The summed E-state index contributed by atoms with van der Waals surface area (Å²) in [5.74, 6) is 0.812. The molecule has 1 saturated heterocycles. The van der Waals surface area contributed by atoms with E-state index in [1.165, 1.54) is 16.5 Å². The minimum absolute atomic E-state index is 0.0175. The molecule has 0 unspecified atom stereocenters. The second kappa shape index (κ2) is 9.55. The van der Waals surface area contributed by atoms with Crippen molar-refractivity contribution >= 4 is 16.9 Å². The molecule has 186 valence electrons. The summed E-state index contributed by atoms with van der Waals surface area (Å²) in [7, 11) is 1.68. The van der Waals surface area contributed by atoms with Crippen LogP contribution in [0.2, 0.25) is 0 Å². The van der Waals surface area contributed by atoms with E-state index in [9.17, 15) is 9.90 Å². The first-order chi connectivity index (χ1) is 16.9. The van der Waals surface area contributed by atoms with Crippen molar-refractivity contribution in [3.63, 3.8) is 0 Å². The van der Waals surface area contributed by atoms with Gasteiger partial charge in [-0.3, -0.25) is 4.90 Å². The van der Waals surface area contributed by atoms with Gasteiger partial charge in [0.25, 0.3) is 0 Å². The van der Waals surface area contributed by atoms with Crippen molar-refractivity contribution in [2.24, 2.45) is 0 Å². The Morgan fingerprint density at radius 3 is 2.60 bits per heavy atom. The zero-order chi connectivity index (χ0) is 24.6. The third kappa shape index (κ3) is 4.39. The number of aromatic amines is 1. The summed E-state index contributed by atoms with van der Waals surface area (Å²) in [6.45, 7) is 7.07. The maximum Gasteiger partial charge on any atom is 0.317 e. The molecular weight excluding hydrogens is 440 g/mol. The highest BCUT2D eigenvalue weighted by Crippen LogP contribution is 2.49. The molecule has 2 aromatic carbocycles. The lowest BCUT2D eigenvalue weighted by Crippen LogP contribution is -2.55. The first-order valence-electron chi connectivity index (χ1n) is 12.6. The van der Waals surface area contributed by atoms with Crippen molar-refractivity contribution in [3.8, 4) is 5.75 Å². The van der Waals surface area contributed by atoms with Gasteiger partial charge in [0.2, 0.25) is 0 Å². The first kappa shape index (κ1) is 23.7. The lowest BCUT2D eigenvalue weighted by molar-refractivity contribution is 0.0485. The third-order valence-corrected chi connectivity index (χ3v) is 7.67. The van der Waals surface area contributed by atoms with E-state index in [2.05, 4.69) is 45.5 Å². The molecule has 7 heteroatoms. The van der Waals surface area contributed by atoms with Crippen molar-refractivity contribution in [3.05, 3.63) is 65.4 Å². The topological polar surface area (TPSA) is 80.8 Å². The van der Waals surface area contributed by atoms with Crippen LogP contribution in [0.1, 0.15) is 49.6 Å². The number of ether oxygens (including phenoxy) is 1. The summed E-state index contributed by atoms with van der Waals surface area (Å²) < 4.78 is 5.49. The Hall–Kier alpha value is -3.03. The monoisotopic (exact) mass is 476 g/mol. The minimum atomic E-state index is -0.114. The molecule has 0 saturated carbocycles. The van der Waals surface area contributed by atoms with Gasteiger partial charge in [0, 0.05) is 60.3 Å². The van der Waals surface area contributed by atoms with Gasteiger partial charge in [0.15, 0.2) is 0 Å². The Bertz CT molecular complexity index is 1180. The largest absolute Gasteiger partial charge is 0.497 e. The normalized spacial score (nSPS) is 19.8. The van der Waals surface area contributed by atoms with Crippen LogP contribution in [-0.4, -0.2) is 65.3 Å². The van der Waals surface area contributed by atoms with Gasteiger partial charge < -0.3 is 25.0 Å². The fraction of sp³-hybridized carbons (Fsp3) is 0.464. The quantitative estimate of drug-likeness (QED) is 0.516. The number of aliphatic hydroxyl groups excluding tert-OH is 1. The van der Waals surface area contributed by atoms with Crippen LogP contribution in [0.25, 0.3) is 10.9 Å². The Morgan fingerprint density at radius 1 is 1.20 bits per heavy atom. The molecule has 3 aromatic rings. The molecule has 7 nitrogen and oxygen atoms in total. The summed E-state index contributed by atoms with van der Waals surface area (Å²) in [6, 6.07) is 16.7. The van der Waals surface area contributed by atoms with Crippen molar-refractivity contribution in [1.82, 2.24) is 20.1 Å². The van der Waals surface area contributed by atoms with Crippen LogP contribution in [-0.2, 0) is 12.0 Å². The number of fused-ring (bicyclic) bond motifs is 4. The van der Waals surface area contributed by atoms with Gasteiger partial charge in [-0.1, -0.05) is 30.3 Å². The summed E-state index contributed by atoms with van der Waals surface area (Å²) >= 11 is 0. The summed E-state index contributed by atoms with van der Waals surface area (Å²) in [4.78, 5) is 20.7. The number of hydrogen-bond acceptors (Lipinski definition) is 4. The van der Waals surface area contributed by atoms with Crippen LogP contribution in [0, 0.1) is 0 Å². The van der Waals surface area contributed by atoms with Crippen LogP contribution in [0.4, 0.5) is 4.79 Å². The number of carbonyl (C=O) groups is 1. The summed E-state index contributed by atoms with van der Waals surface area (Å²) in [6.07, 6.45) is 1.77. The summed E-state index contributed by atoms with van der Waals surface area (Å²) in [5.41, 5.74) is 4.57. The van der Waals surface area contributed by atoms with Gasteiger partial charge in [-0.25, -0.2) is 4.79 Å². The number of benzene rings is 2. The number of H-pyrrole nitrogens is 1. The average Bonchev–Trinajstić information content (AvgIpc) is 3.24. The maximum atomic E-state index is 12.7. The molecule has 2 aliphatic rings. The lowest BCUT2D eigenvalue weighted by Gasteiger charge is -2.50. The number of nitrogens with one attached hydrogen (secondary N) is 2. The van der Waals surface area contributed by atoms with Crippen LogP contribution >= 0.6 is 0 Å². The molecule has 5 rings (SSSR count). The third-order valence-electron chi connectivity index (χ3n) is 7.67. The lowest BCUT2D eigenvalue weighted by atomic mass is 9.68. The van der Waals surface area contributed by atoms with E-state index in [-0.39, 0.29) is 30.1 Å². The number of likely N-dealkylation sites (tertiary alicyclic amines) is 1. The molecule has 1 fully saturated rings. The zero-order valence-electron chi connectivity index (χ0n) is 20.9. The number of amides is 2. The van der Waals surface area contributed by atoms with Gasteiger partial charge in [-0.2, -0.15) is 0 Å². The molecule has 2 aliphatic heterocycles. The van der Waals surface area contributed by atoms with E-state index in [0.717, 1.165) is 42.9 Å². The van der Waals surface area contributed by atoms with E-state index < -0.39 is 0 Å². The fourth-order valence-electron chi connectivity index (χ4n) is 5.98. The average molecular weight is 477 g/mol. The van der Waals surface area contributed by atoms with E-state index in [4.69, 9.17) is 4.74 Å². The molecule has 0 radical (unpaired) electrons. The van der Waals surface area contributed by atoms with Crippen LogP contribution in [0.5, 0.6) is 5.75 Å². The van der Waals surface area contributed by atoms with Crippen LogP contribution in [0.15, 0.2) is 48.5 Å². The van der Waals surface area contributed by atoms with E-state index in [1.807, 2.05) is 36.9 Å². The Labute approximate surface area is 207 Å². The van der Waals surface area contributed by atoms with Gasteiger partial charge in [0.05, 0.1) is 19.8 Å². The molecule has 0 bridgehead atoms. The molecule has 3 heterocycles. The van der Waals surface area contributed by atoms with E-state index in [0.29, 0.717) is 13.1 Å². The number of urea groups is 1. The molecule has 35 heavy (non-hydrogen) atoms. The van der Waals surface area contributed by atoms with Crippen molar-refractivity contribution in [1.29, 1.82) is 0 Å². The zero-order valence-corrected chi connectivity index (χ0v) is 20.9. The smallest absolute Gasteiger partial charge is 0.317 e. The SMILES string of the molecule is COc1ccc2c3c([nH]c2c1)[C@H](CO)N(Cc1ccccc1)CC31CCN(C(=O)NC(C)C)CC1. The van der Waals surface area contributed by atoms with Crippen LogP contribution in [0.3, 0.4) is 0 Å². The number of rotatable bonds is 5. The number of hydrogen-bond donors (Lipinski definition) is 3. The Morgan fingerprint density at radius 2 is 1.94 bits per heavy atom. The second-order valence-corrected chi connectivity index (χ2v) is 10.3. The molecule has 2 amide bonds. The molecule has 1 spiro atoms. The standard InChI is InChI=1S/C28H36N4O3/c1-19(2)29-27(34)31-13-11-28(12-14-31)18-32(16-20-7-5-4-6-8-20)24(17-33)26-25(28)22-10-9-21(35-3)15-23(22)30-26/h4-10,15,19,24,30,33H,11-14,16-18H2,1-3H3,(H,29,34)/t24-/m0/s1. The number of piperidine rings is 1. The molecule has 1 aromatic heterocycles. The van der Waals surface area contributed by atoms with Gasteiger partial charge in [0.1, 0.15) is 5.75 Å². The first-order valence-corrected chi connectivity index (χ1v) is 12.6. The van der Waals surface area contributed by atoms with Crippen LogP contribution < -0.4 is 10.1 Å². The van der Waals surface area contributed by atoms with E-state index >= 15 is 0 Å². The number of nitrogens with zero attached hydrogens (tertiary/aromatic N) is 2. The highest BCUT2D eigenvalue weighted by Gasteiger charge is 2.47. The maximum absolute atomic E-state index is 12.7. The Balaban J connectivity index is 1.55. The van der Waals surface area contributed by atoms with Crippen molar-refractivity contribution in [2.45, 2.75) is 50.7 Å². The Kier molecular flexibility index (Phi) is 6.47.